The first-order chi connectivity index (χ1) is 14.4. The highest BCUT2D eigenvalue weighted by Gasteiger charge is 2.57. The van der Waals surface area contributed by atoms with E-state index >= 15 is 0 Å². The van der Waals surface area contributed by atoms with Crippen LogP contribution in [0.15, 0.2) is 42.5 Å². The number of hydrogen-bond donors (Lipinski definition) is 2. The Bertz CT molecular complexity index is 960. The van der Waals surface area contributed by atoms with Gasteiger partial charge in [0.15, 0.2) is 6.61 Å². The predicted molar refractivity (Wildman–Crippen MR) is 109 cm³/mol. The molecule has 3 fully saturated rings. The van der Waals surface area contributed by atoms with Crippen molar-refractivity contribution < 1.29 is 23.5 Å². The van der Waals surface area contributed by atoms with Crippen molar-refractivity contribution in [2.24, 2.45) is 5.92 Å². The van der Waals surface area contributed by atoms with Gasteiger partial charge >= 0.3 is 0 Å². The third-order valence-electron chi connectivity index (χ3n) is 5.82. The number of carbonyl (C=O) groups is 2. The summed E-state index contributed by atoms with van der Waals surface area (Å²) in [5, 5.41) is 6.10. The van der Waals surface area contributed by atoms with Crippen molar-refractivity contribution >= 4 is 23.4 Å². The predicted octanol–water partition coefficient (Wildman–Crippen LogP) is 3.33. The molecular weight excluding hydrogens is 411 g/mol. The first-order valence-corrected chi connectivity index (χ1v) is 10.1. The molecule has 3 aliphatic rings. The van der Waals surface area contributed by atoms with Crippen LogP contribution in [0.4, 0.5) is 4.39 Å². The zero-order valence-corrected chi connectivity index (χ0v) is 17.2. The Morgan fingerprint density at radius 2 is 1.83 bits per heavy atom. The summed E-state index contributed by atoms with van der Waals surface area (Å²) in [5.74, 6) is 0.265. The smallest absolute Gasteiger partial charge is 0.258 e. The van der Waals surface area contributed by atoms with Gasteiger partial charge in [-0.3, -0.25) is 9.59 Å². The summed E-state index contributed by atoms with van der Waals surface area (Å²) in [4.78, 5) is 24.8. The Morgan fingerprint density at radius 3 is 2.50 bits per heavy atom. The summed E-state index contributed by atoms with van der Waals surface area (Å²) in [6.45, 7) is -0.213. The van der Waals surface area contributed by atoms with Crippen molar-refractivity contribution in [3.8, 4) is 11.5 Å². The number of ether oxygens (including phenoxy) is 2. The van der Waals surface area contributed by atoms with E-state index in [0.29, 0.717) is 23.7 Å². The summed E-state index contributed by atoms with van der Waals surface area (Å²) in [7, 11) is 1.58. The van der Waals surface area contributed by atoms with Crippen LogP contribution in [-0.4, -0.2) is 37.1 Å². The molecule has 0 unspecified atom stereocenters. The monoisotopic (exact) mass is 432 g/mol. The van der Waals surface area contributed by atoms with Crippen LogP contribution in [0.3, 0.4) is 0 Å². The number of nitrogens with one attached hydrogen (secondary N) is 2. The van der Waals surface area contributed by atoms with Crippen molar-refractivity contribution in [1.82, 2.24) is 10.6 Å². The number of amides is 2. The third-order valence-corrected chi connectivity index (χ3v) is 6.13. The number of hydrogen-bond acceptors (Lipinski definition) is 4. The fourth-order valence-corrected chi connectivity index (χ4v) is 4.44. The van der Waals surface area contributed by atoms with E-state index in [4.69, 9.17) is 21.1 Å². The summed E-state index contributed by atoms with van der Waals surface area (Å²) in [6.07, 6.45) is 2.35. The first kappa shape index (κ1) is 20.5. The Kier molecular flexibility index (Phi) is 5.56. The molecule has 2 bridgehead atoms. The molecule has 0 aliphatic heterocycles. The first-order valence-electron chi connectivity index (χ1n) is 9.71. The fraction of sp³-hybridized carbons (Fsp3) is 0.364. The van der Waals surface area contributed by atoms with Crippen LogP contribution < -0.4 is 20.1 Å². The van der Waals surface area contributed by atoms with Crippen molar-refractivity contribution in [1.29, 1.82) is 0 Å². The van der Waals surface area contributed by atoms with Gasteiger partial charge in [-0.25, -0.2) is 4.39 Å². The van der Waals surface area contributed by atoms with Gasteiger partial charge in [0.1, 0.15) is 17.3 Å². The van der Waals surface area contributed by atoms with Gasteiger partial charge in [0, 0.05) is 23.2 Å². The van der Waals surface area contributed by atoms with Gasteiger partial charge in [0.05, 0.1) is 12.1 Å². The SMILES string of the molecule is COc1ccc(C(=O)NC23CC(C2)[C@@H](NC(=O)COc2ccc(Cl)c(F)c2)C3)cc1. The molecule has 2 N–H and O–H groups in total. The fourth-order valence-electron chi connectivity index (χ4n) is 4.32. The van der Waals surface area contributed by atoms with Crippen molar-refractivity contribution in [3.05, 3.63) is 58.9 Å². The van der Waals surface area contributed by atoms with E-state index in [-0.39, 0.29) is 40.8 Å². The Morgan fingerprint density at radius 1 is 1.13 bits per heavy atom. The van der Waals surface area contributed by atoms with Crippen LogP contribution in [0.5, 0.6) is 11.5 Å². The molecule has 0 spiro atoms. The standard InChI is InChI=1S/C22H22ClFN2O4/c1-29-15-4-2-13(3-5-15)21(28)26-22-9-14(10-22)19(11-22)25-20(27)12-30-16-6-7-17(23)18(24)8-16/h2-8,14,19H,9-12H2,1H3,(H,25,27)(H,26,28)/t14?,19-,22?/m0/s1. The molecule has 0 radical (unpaired) electrons. The van der Waals surface area contributed by atoms with Gasteiger partial charge < -0.3 is 20.1 Å². The van der Waals surface area contributed by atoms with E-state index < -0.39 is 5.82 Å². The maximum Gasteiger partial charge on any atom is 0.258 e. The molecule has 2 amide bonds. The number of carbonyl (C=O) groups excluding carboxylic acids is 2. The number of methoxy groups -OCH3 is 1. The van der Waals surface area contributed by atoms with Crippen LogP contribution >= 0.6 is 11.6 Å². The topological polar surface area (TPSA) is 76.7 Å². The average molecular weight is 433 g/mol. The summed E-state index contributed by atoms with van der Waals surface area (Å²) >= 11 is 5.63. The lowest BCUT2D eigenvalue weighted by Gasteiger charge is -2.39. The molecule has 0 heterocycles. The molecule has 3 saturated carbocycles. The minimum Gasteiger partial charge on any atom is -0.497 e. The lowest BCUT2D eigenvalue weighted by molar-refractivity contribution is -0.124. The van der Waals surface area contributed by atoms with Gasteiger partial charge in [-0.05, 0) is 61.6 Å². The van der Waals surface area contributed by atoms with Crippen LogP contribution in [0.25, 0.3) is 0 Å². The molecule has 2 aromatic carbocycles. The minimum absolute atomic E-state index is 0.000447. The molecule has 6 nitrogen and oxygen atoms in total. The molecular formula is C22H22ClFN2O4. The normalized spacial score (nSPS) is 24.0. The zero-order chi connectivity index (χ0) is 21.3. The summed E-state index contributed by atoms with van der Waals surface area (Å²) in [5.41, 5.74) is 0.296. The molecule has 8 heteroatoms. The Labute approximate surface area is 178 Å². The maximum absolute atomic E-state index is 13.4. The highest BCUT2D eigenvalue weighted by molar-refractivity contribution is 6.30. The van der Waals surface area contributed by atoms with Crippen molar-refractivity contribution in [2.75, 3.05) is 13.7 Å². The summed E-state index contributed by atoms with van der Waals surface area (Å²) in [6, 6.07) is 11.0. The highest BCUT2D eigenvalue weighted by atomic mass is 35.5. The van der Waals surface area contributed by atoms with Gasteiger partial charge in [0.25, 0.3) is 11.8 Å². The highest BCUT2D eigenvalue weighted by Crippen LogP contribution is 2.52. The average Bonchev–Trinajstić information content (AvgIpc) is 3.22. The zero-order valence-electron chi connectivity index (χ0n) is 16.4. The molecule has 158 valence electrons. The van der Waals surface area contributed by atoms with E-state index in [2.05, 4.69) is 10.6 Å². The number of rotatable bonds is 7. The van der Waals surface area contributed by atoms with Gasteiger partial charge in [-0.1, -0.05) is 11.6 Å². The van der Waals surface area contributed by atoms with E-state index in [1.807, 2.05) is 0 Å². The summed E-state index contributed by atoms with van der Waals surface area (Å²) < 4.78 is 23.9. The second-order valence-electron chi connectivity index (χ2n) is 7.87. The maximum atomic E-state index is 13.4. The van der Waals surface area contributed by atoms with Gasteiger partial charge in [0.2, 0.25) is 0 Å². The van der Waals surface area contributed by atoms with Crippen molar-refractivity contribution in [3.63, 3.8) is 0 Å². The van der Waals surface area contributed by atoms with Crippen molar-refractivity contribution in [2.45, 2.75) is 30.8 Å². The lowest BCUT2D eigenvalue weighted by Crippen LogP contribution is -2.51. The second kappa shape index (κ2) is 8.14. The van der Waals surface area contributed by atoms with Crippen LogP contribution in [0.1, 0.15) is 29.6 Å². The minimum atomic E-state index is -0.597. The van der Waals surface area contributed by atoms with Gasteiger partial charge in [-0.15, -0.1) is 0 Å². The molecule has 5 rings (SSSR count). The Balaban J connectivity index is 1.27. The number of benzene rings is 2. The molecule has 3 aliphatic carbocycles. The van der Waals surface area contributed by atoms with E-state index in [1.165, 1.54) is 12.1 Å². The molecule has 30 heavy (non-hydrogen) atoms. The van der Waals surface area contributed by atoms with E-state index in [9.17, 15) is 14.0 Å². The molecule has 0 aromatic heterocycles. The van der Waals surface area contributed by atoms with E-state index in [1.54, 1.807) is 31.4 Å². The Hall–Kier alpha value is -2.80. The largest absolute Gasteiger partial charge is 0.497 e. The molecule has 0 saturated heterocycles. The quantitative estimate of drug-likeness (QED) is 0.703. The van der Waals surface area contributed by atoms with Crippen LogP contribution in [0, 0.1) is 11.7 Å². The number of fused-ring (bicyclic) bond motifs is 1. The number of halogens is 2. The second-order valence-corrected chi connectivity index (χ2v) is 8.28. The molecule has 1 atom stereocenters. The van der Waals surface area contributed by atoms with Gasteiger partial charge in [-0.2, -0.15) is 0 Å². The van der Waals surface area contributed by atoms with Crippen LogP contribution in [-0.2, 0) is 4.79 Å². The van der Waals surface area contributed by atoms with Crippen LogP contribution in [0.2, 0.25) is 5.02 Å². The molecule has 2 aromatic rings. The lowest BCUT2D eigenvalue weighted by atomic mass is 9.76. The van der Waals surface area contributed by atoms with E-state index in [0.717, 1.165) is 18.9 Å². The third kappa shape index (κ3) is 4.21.